The number of nitro benzene ring substituents is 1. The maximum Gasteiger partial charge on any atom is 0.315 e. The van der Waals surface area contributed by atoms with Crippen molar-refractivity contribution in [3.8, 4) is 11.5 Å². The molecule has 1 aromatic carbocycles. The molecule has 0 unspecified atom stereocenters. The average molecular weight is 440 g/mol. The lowest BCUT2D eigenvalue weighted by molar-refractivity contribution is -0.386. The van der Waals surface area contributed by atoms with E-state index in [1.165, 1.54) is 31.3 Å². The van der Waals surface area contributed by atoms with Crippen molar-refractivity contribution >= 4 is 51.9 Å². The molecule has 1 fully saturated rings. The molecule has 11 heteroatoms. The third kappa shape index (κ3) is 5.67. The first-order chi connectivity index (χ1) is 13.8. The number of esters is 1. The second kappa shape index (κ2) is 10.2. The minimum Gasteiger partial charge on any atom is -0.500 e. The van der Waals surface area contributed by atoms with Gasteiger partial charge in [-0.3, -0.25) is 24.6 Å². The number of rotatable bonds is 9. The zero-order valence-electron chi connectivity index (χ0n) is 15.9. The number of amides is 1. The Kier molecular flexibility index (Phi) is 7.97. The monoisotopic (exact) mass is 440 g/mol. The van der Waals surface area contributed by atoms with Crippen molar-refractivity contribution in [2.75, 3.05) is 20.8 Å². The van der Waals surface area contributed by atoms with Gasteiger partial charge in [0.2, 0.25) is 5.75 Å². The normalized spacial score (nSPS) is 15.1. The number of unbranched alkanes of at least 4 members (excludes halogenated alkanes) is 2. The molecule has 0 saturated carbocycles. The molecule has 1 aliphatic heterocycles. The molecule has 1 saturated heterocycles. The summed E-state index contributed by atoms with van der Waals surface area (Å²) in [5.74, 6) is -1.19. The highest BCUT2D eigenvalue weighted by molar-refractivity contribution is 8.26. The highest BCUT2D eigenvalue weighted by atomic mass is 32.2. The first-order valence-electron chi connectivity index (χ1n) is 8.66. The van der Waals surface area contributed by atoms with E-state index in [-0.39, 0.29) is 17.6 Å². The molecule has 156 valence electrons. The SMILES string of the molecule is COC(=O)CCCCCN1C(=O)/C(=C/c2cc(OC)c(O)c([N+](=O)[O-])c2)SC1=S. The number of carbonyl (C=O) groups excluding carboxylic acids is 2. The third-order valence-electron chi connectivity index (χ3n) is 4.16. The smallest absolute Gasteiger partial charge is 0.315 e. The number of phenolic OH excluding ortho intramolecular Hbond substituents is 1. The van der Waals surface area contributed by atoms with Crippen LogP contribution < -0.4 is 4.74 Å². The molecule has 0 radical (unpaired) electrons. The van der Waals surface area contributed by atoms with Crippen LogP contribution >= 0.6 is 24.0 Å². The number of hydrogen-bond acceptors (Lipinski definition) is 9. The van der Waals surface area contributed by atoms with E-state index in [1.807, 2.05) is 0 Å². The molecule has 9 nitrogen and oxygen atoms in total. The van der Waals surface area contributed by atoms with Crippen molar-refractivity contribution in [3.63, 3.8) is 0 Å². The number of hydrogen-bond donors (Lipinski definition) is 1. The highest BCUT2D eigenvalue weighted by Gasteiger charge is 2.32. The molecule has 0 spiro atoms. The number of phenols is 1. The van der Waals surface area contributed by atoms with E-state index in [0.29, 0.717) is 40.6 Å². The van der Waals surface area contributed by atoms with Gasteiger partial charge in [-0.25, -0.2) is 0 Å². The van der Waals surface area contributed by atoms with Crippen LogP contribution in [0.1, 0.15) is 31.2 Å². The van der Waals surface area contributed by atoms with Crippen LogP contribution in [0.25, 0.3) is 6.08 Å². The zero-order chi connectivity index (χ0) is 21.6. The number of carbonyl (C=O) groups is 2. The summed E-state index contributed by atoms with van der Waals surface area (Å²) in [6, 6.07) is 2.57. The van der Waals surface area contributed by atoms with Crippen LogP contribution in [0.15, 0.2) is 17.0 Å². The molecular weight excluding hydrogens is 420 g/mol. The summed E-state index contributed by atoms with van der Waals surface area (Å²) in [6.07, 6.45) is 3.89. The van der Waals surface area contributed by atoms with E-state index in [0.717, 1.165) is 24.2 Å². The number of thiocarbonyl (C=S) groups is 1. The second-order valence-electron chi connectivity index (χ2n) is 6.07. The van der Waals surface area contributed by atoms with Crippen LogP contribution in [0.2, 0.25) is 0 Å². The molecule has 0 aliphatic carbocycles. The lowest BCUT2D eigenvalue weighted by atomic mass is 10.1. The summed E-state index contributed by atoms with van der Waals surface area (Å²) in [5, 5.41) is 21.0. The van der Waals surface area contributed by atoms with Gasteiger partial charge in [-0.1, -0.05) is 30.4 Å². The van der Waals surface area contributed by atoms with Crippen LogP contribution in [-0.2, 0) is 14.3 Å². The van der Waals surface area contributed by atoms with Gasteiger partial charge in [-0.15, -0.1) is 0 Å². The fourth-order valence-electron chi connectivity index (χ4n) is 2.65. The van der Waals surface area contributed by atoms with Gasteiger partial charge < -0.3 is 14.6 Å². The minimum atomic E-state index is -0.727. The Morgan fingerprint density at radius 3 is 2.69 bits per heavy atom. The highest BCUT2D eigenvalue weighted by Crippen LogP contribution is 2.39. The number of ether oxygens (including phenoxy) is 2. The number of nitro groups is 1. The van der Waals surface area contributed by atoms with Gasteiger partial charge in [-0.2, -0.15) is 0 Å². The van der Waals surface area contributed by atoms with E-state index in [2.05, 4.69) is 4.74 Å². The topological polar surface area (TPSA) is 119 Å². The fourth-order valence-corrected chi connectivity index (χ4v) is 3.96. The van der Waals surface area contributed by atoms with E-state index in [9.17, 15) is 24.8 Å². The second-order valence-corrected chi connectivity index (χ2v) is 7.74. The summed E-state index contributed by atoms with van der Waals surface area (Å²) in [4.78, 5) is 35.9. The molecule has 0 atom stereocenters. The van der Waals surface area contributed by atoms with Crippen LogP contribution in [-0.4, -0.2) is 51.9 Å². The van der Waals surface area contributed by atoms with Crippen molar-refractivity contribution < 1.29 is 29.1 Å². The predicted molar refractivity (Wildman–Crippen MR) is 112 cm³/mol. The standard InChI is InChI=1S/C18H20N2O7S2/c1-26-13-9-11(8-12(16(13)22)20(24)25)10-14-17(23)19(18(28)29-14)7-5-3-4-6-15(21)27-2/h8-10,22H,3-7H2,1-2H3/b14-10-. The van der Waals surface area contributed by atoms with Crippen LogP contribution in [0.3, 0.4) is 0 Å². The van der Waals surface area contributed by atoms with Crippen LogP contribution in [0.5, 0.6) is 11.5 Å². The summed E-state index contributed by atoms with van der Waals surface area (Å²) >= 11 is 6.37. The first-order valence-corrected chi connectivity index (χ1v) is 9.88. The van der Waals surface area contributed by atoms with Gasteiger partial charge in [0.15, 0.2) is 5.75 Å². The maximum absolute atomic E-state index is 12.6. The molecule has 1 amide bonds. The Morgan fingerprint density at radius 1 is 1.34 bits per heavy atom. The van der Waals surface area contributed by atoms with Crippen molar-refractivity contribution in [1.82, 2.24) is 4.90 Å². The van der Waals surface area contributed by atoms with Gasteiger partial charge >= 0.3 is 11.7 Å². The van der Waals surface area contributed by atoms with E-state index >= 15 is 0 Å². The molecular formula is C18H20N2O7S2. The first kappa shape index (κ1) is 22.6. The average Bonchev–Trinajstić information content (AvgIpc) is 2.95. The molecule has 29 heavy (non-hydrogen) atoms. The molecule has 1 aromatic rings. The van der Waals surface area contributed by atoms with E-state index < -0.39 is 16.4 Å². The molecule has 0 bridgehead atoms. The van der Waals surface area contributed by atoms with Crippen LogP contribution in [0.4, 0.5) is 5.69 Å². The Hall–Kier alpha value is -2.66. The summed E-state index contributed by atoms with van der Waals surface area (Å²) in [6.45, 7) is 0.419. The molecule has 1 N–H and O–H groups in total. The van der Waals surface area contributed by atoms with Crippen molar-refractivity contribution in [1.29, 1.82) is 0 Å². The lowest BCUT2D eigenvalue weighted by Crippen LogP contribution is -2.29. The number of methoxy groups -OCH3 is 2. The quantitative estimate of drug-likeness (QED) is 0.154. The van der Waals surface area contributed by atoms with Crippen LogP contribution in [0, 0.1) is 10.1 Å². The fraction of sp³-hybridized carbons (Fsp3) is 0.389. The van der Waals surface area contributed by atoms with Gasteiger partial charge in [0, 0.05) is 19.0 Å². The molecule has 0 aromatic heterocycles. The third-order valence-corrected chi connectivity index (χ3v) is 5.53. The minimum absolute atomic E-state index is 0.0634. The predicted octanol–water partition coefficient (Wildman–Crippen LogP) is 3.24. The summed E-state index contributed by atoms with van der Waals surface area (Å²) < 4.78 is 9.94. The Bertz CT molecular complexity index is 870. The number of thioether (sulfide) groups is 1. The lowest BCUT2D eigenvalue weighted by Gasteiger charge is -2.13. The molecule has 1 aliphatic rings. The van der Waals surface area contributed by atoms with Crippen molar-refractivity contribution in [2.45, 2.75) is 25.7 Å². The van der Waals surface area contributed by atoms with E-state index in [4.69, 9.17) is 17.0 Å². The van der Waals surface area contributed by atoms with Gasteiger partial charge in [-0.05, 0) is 30.5 Å². The largest absolute Gasteiger partial charge is 0.500 e. The van der Waals surface area contributed by atoms with Crippen molar-refractivity contribution in [3.05, 3.63) is 32.7 Å². The number of nitrogens with zero attached hydrogens (tertiary/aromatic N) is 2. The molecule has 1 heterocycles. The van der Waals surface area contributed by atoms with E-state index in [1.54, 1.807) is 0 Å². The van der Waals surface area contributed by atoms with Gasteiger partial charge in [0.25, 0.3) is 5.91 Å². The number of aromatic hydroxyl groups is 1. The Balaban J connectivity index is 2.09. The van der Waals surface area contributed by atoms with Gasteiger partial charge in [0.05, 0.1) is 24.0 Å². The zero-order valence-corrected chi connectivity index (χ0v) is 17.5. The summed E-state index contributed by atoms with van der Waals surface area (Å²) in [7, 11) is 2.62. The maximum atomic E-state index is 12.6. The number of benzene rings is 1. The van der Waals surface area contributed by atoms with Gasteiger partial charge in [0.1, 0.15) is 4.32 Å². The summed E-state index contributed by atoms with van der Waals surface area (Å²) in [5.41, 5.74) is -0.179. The molecule has 2 rings (SSSR count). The Labute approximate surface area is 176 Å². The van der Waals surface area contributed by atoms with Crippen molar-refractivity contribution in [2.24, 2.45) is 0 Å². The Morgan fingerprint density at radius 2 is 2.07 bits per heavy atom.